The van der Waals surface area contributed by atoms with Gasteiger partial charge in [0, 0.05) is 13.1 Å². The topological polar surface area (TPSA) is 63.4 Å². The molecule has 2 rings (SSSR count). The Bertz CT molecular complexity index is 559. The monoisotopic (exact) mass is 302 g/mol. The van der Waals surface area contributed by atoms with Crippen molar-refractivity contribution in [2.24, 2.45) is 5.92 Å². The Labute approximate surface area is 119 Å². The first-order valence-corrected chi connectivity index (χ1v) is 8.23. The maximum atomic E-state index is 12.6. The Morgan fingerprint density at radius 3 is 2.53 bits per heavy atom. The van der Waals surface area contributed by atoms with Crippen LogP contribution in [0.5, 0.6) is 0 Å². The summed E-state index contributed by atoms with van der Waals surface area (Å²) in [7, 11) is -3.47. The van der Waals surface area contributed by atoms with Crippen molar-refractivity contribution in [1.82, 2.24) is 4.31 Å². The molecule has 0 atom stereocenters. The van der Waals surface area contributed by atoms with Crippen LogP contribution in [0.3, 0.4) is 0 Å². The minimum atomic E-state index is -3.47. The number of aryl methyl sites for hydroxylation is 1. The van der Waals surface area contributed by atoms with Crippen LogP contribution in [-0.2, 0) is 10.0 Å². The molecule has 0 saturated heterocycles. The van der Waals surface area contributed by atoms with Crippen LogP contribution >= 0.6 is 11.6 Å². The molecule has 1 aromatic carbocycles. The first kappa shape index (κ1) is 14.6. The van der Waals surface area contributed by atoms with Crippen LogP contribution in [0.1, 0.15) is 25.3 Å². The molecule has 1 saturated carbocycles. The van der Waals surface area contributed by atoms with Crippen LogP contribution in [-0.4, -0.2) is 25.8 Å². The number of benzene rings is 1. The summed E-state index contributed by atoms with van der Waals surface area (Å²) in [5.41, 5.74) is 6.75. The van der Waals surface area contributed by atoms with Gasteiger partial charge in [-0.25, -0.2) is 8.42 Å². The van der Waals surface area contributed by atoms with Crippen molar-refractivity contribution in [3.63, 3.8) is 0 Å². The summed E-state index contributed by atoms with van der Waals surface area (Å²) in [6.45, 7) is 4.68. The highest BCUT2D eigenvalue weighted by Gasteiger charge is 2.31. The molecule has 0 aromatic heterocycles. The van der Waals surface area contributed by atoms with E-state index in [1.807, 2.05) is 6.92 Å². The minimum absolute atomic E-state index is 0.231. The highest BCUT2D eigenvalue weighted by molar-refractivity contribution is 7.89. The van der Waals surface area contributed by atoms with Crippen LogP contribution in [0, 0.1) is 12.8 Å². The molecule has 0 aliphatic heterocycles. The molecule has 0 bridgehead atoms. The third-order valence-electron chi connectivity index (χ3n) is 3.41. The molecule has 0 heterocycles. The van der Waals surface area contributed by atoms with Crippen LogP contribution < -0.4 is 5.73 Å². The van der Waals surface area contributed by atoms with Crippen molar-refractivity contribution in [2.45, 2.75) is 31.6 Å². The van der Waals surface area contributed by atoms with Crippen molar-refractivity contribution in [1.29, 1.82) is 0 Å². The maximum absolute atomic E-state index is 12.6. The molecule has 4 nitrogen and oxygen atoms in total. The lowest BCUT2D eigenvalue weighted by Gasteiger charge is -2.21. The summed E-state index contributed by atoms with van der Waals surface area (Å²) >= 11 is 5.97. The Hall–Kier alpha value is -0.780. The molecule has 1 fully saturated rings. The molecule has 106 valence electrons. The lowest BCUT2D eigenvalue weighted by atomic mass is 10.2. The van der Waals surface area contributed by atoms with Crippen molar-refractivity contribution in [3.05, 3.63) is 22.7 Å². The second kappa shape index (κ2) is 5.31. The van der Waals surface area contributed by atoms with Gasteiger partial charge in [-0.05, 0) is 43.4 Å². The van der Waals surface area contributed by atoms with E-state index in [2.05, 4.69) is 0 Å². The average Bonchev–Trinajstić information content (AvgIpc) is 3.16. The fourth-order valence-electron chi connectivity index (χ4n) is 2.05. The molecule has 1 aliphatic carbocycles. The van der Waals surface area contributed by atoms with Crippen LogP contribution in [0.15, 0.2) is 17.0 Å². The number of sulfonamides is 1. The normalized spacial score (nSPS) is 16.0. The molecule has 19 heavy (non-hydrogen) atoms. The Morgan fingerprint density at radius 2 is 2.05 bits per heavy atom. The van der Waals surface area contributed by atoms with Gasteiger partial charge < -0.3 is 5.73 Å². The van der Waals surface area contributed by atoms with Crippen LogP contribution in [0.4, 0.5) is 5.69 Å². The van der Waals surface area contributed by atoms with E-state index in [-0.39, 0.29) is 4.90 Å². The zero-order valence-corrected chi connectivity index (χ0v) is 12.8. The maximum Gasteiger partial charge on any atom is 0.243 e. The fraction of sp³-hybridized carbons (Fsp3) is 0.538. The minimum Gasteiger partial charge on any atom is -0.397 e. The lowest BCUT2D eigenvalue weighted by Crippen LogP contribution is -2.32. The second-order valence-electron chi connectivity index (χ2n) is 5.04. The number of anilines is 1. The molecular weight excluding hydrogens is 284 g/mol. The summed E-state index contributed by atoms with van der Waals surface area (Å²) in [5.74, 6) is 0.514. The van der Waals surface area contributed by atoms with E-state index in [1.165, 1.54) is 10.4 Å². The predicted octanol–water partition coefficient (Wildman–Crippen LogP) is 2.65. The molecule has 1 aliphatic rings. The standard InChI is InChI=1S/C13H19ClN2O2S/c1-3-16(8-10-4-5-10)19(17,18)11-6-9(2)13(14)12(15)7-11/h6-7,10H,3-5,8,15H2,1-2H3. The number of hydrogen-bond acceptors (Lipinski definition) is 3. The van der Waals surface area contributed by atoms with Crippen LogP contribution in [0.2, 0.25) is 5.02 Å². The summed E-state index contributed by atoms with van der Waals surface area (Å²) in [4.78, 5) is 0.231. The number of hydrogen-bond donors (Lipinski definition) is 1. The van der Waals surface area contributed by atoms with Gasteiger partial charge in [0.25, 0.3) is 0 Å². The first-order chi connectivity index (χ1) is 8.86. The summed E-state index contributed by atoms with van der Waals surface area (Å²) in [6.07, 6.45) is 2.24. The molecule has 0 spiro atoms. The summed E-state index contributed by atoms with van der Waals surface area (Å²) < 4.78 is 26.7. The number of halogens is 1. The molecular formula is C13H19ClN2O2S. The van der Waals surface area contributed by atoms with E-state index in [9.17, 15) is 8.42 Å². The molecule has 0 radical (unpaired) electrons. The van der Waals surface area contributed by atoms with E-state index in [1.54, 1.807) is 13.0 Å². The highest BCUT2D eigenvalue weighted by atomic mass is 35.5. The highest BCUT2D eigenvalue weighted by Crippen LogP contribution is 2.33. The predicted molar refractivity (Wildman–Crippen MR) is 77.8 cm³/mol. The van der Waals surface area contributed by atoms with E-state index in [0.717, 1.165) is 12.8 Å². The molecule has 0 unspecified atom stereocenters. The van der Waals surface area contributed by atoms with Gasteiger partial charge in [-0.3, -0.25) is 0 Å². The molecule has 2 N–H and O–H groups in total. The number of rotatable bonds is 5. The van der Waals surface area contributed by atoms with Gasteiger partial charge in [-0.2, -0.15) is 4.31 Å². The van der Waals surface area contributed by atoms with E-state index >= 15 is 0 Å². The van der Waals surface area contributed by atoms with Gasteiger partial charge in [-0.1, -0.05) is 18.5 Å². The quantitative estimate of drug-likeness (QED) is 0.851. The number of nitrogens with two attached hydrogens (primary N) is 1. The van der Waals surface area contributed by atoms with E-state index < -0.39 is 10.0 Å². The zero-order valence-electron chi connectivity index (χ0n) is 11.2. The largest absolute Gasteiger partial charge is 0.397 e. The van der Waals surface area contributed by atoms with Crippen molar-refractivity contribution >= 4 is 27.3 Å². The SMILES string of the molecule is CCN(CC1CC1)S(=O)(=O)c1cc(C)c(Cl)c(N)c1. The zero-order chi connectivity index (χ0) is 14.2. The average molecular weight is 303 g/mol. The van der Waals surface area contributed by atoms with Gasteiger partial charge in [0.1, 0.15) is 0 Å². The Balaban J connectivity index is 2.36. The molecule has 1 aromatic rings. The second-order valence-corrected chi connectivity index (χ2v) is 7.36. The van der Waals surface area contributed by atoms with Gasteiger partial charge in [0.05, 0.1) is 15.6 Å². The van der Waals surface area contributed by atoms with Gasteiger partial charge in [-0.15, -0.1) is 0 Å². The third kappa shape index (κ3) is 3.04. The van der Waals surface area contributed by atoms with E-state index in [4.69, 9.17) is 17.3 Å². The number of nitrogen functional groups attached to an aromatic ring is 1. The summed E-state index contributed by atoms with van der Waals surface area (Å²) in [6, 6.07) is 3.03. The van der Waals surface area contributed by atoms with E-state index in [0.29, 0.717) is 35.3 Å². The molecule has 0 amide bonds. The number of nitrogens with zero attached hydrogens (tertiary/aromatic N) is 1. The lowest BCUT2D eigenvalue weighted by molar-refractivity contribution is 0.412. The van der Waals surface area contributed by atoms with Gasteiger partial charge in [0.2, 0.25) is 10.0 Å². The van der Waals surface area contributed by atoms with Crippen molar-refractivity contribution in [3.8, 4) is 0 Å². The Morgan fingerprint density at radius 1 is 1.42 bits per heavy atom. The van der Waals surface area contributed by atoms with Gasteiger partial charge >= 0.3 is 0 Å². The smallest absolute Gasteiger partial charge is 0.243 e. The van der Waals surface area contributed by atoms with Crippen molar-refractivity contribution in [2.75, 3.05) is 18.8 Å². The fourth-order valence-corrected chi connectivity index (χ4v) is 3.80. The molecule has 6 heteroatoms. The van der Waals surface area contributed by atoms with Crippen LogP contribution in [0.25, 0.3) is 0 Å². The first-order valence-electron chi connectivity index (χ1n) is 6.42. The van der Waals surface area contributed by atoms with Gasteiger partial charge in [0.15, 0.2) is 0 Å². The van der Waals surface area contributed by atoms with Crippen molar-refractivity contribution < 1.29 is 8.42 Å². The summed E-state index contributed by atoms with van der Waals surface area (Å²) in [5, 5.41) is 0.421. The third-order valence-corrected chi connectivity index (χ3v) is 5.84. The Kier molecular flexibility index (Phi) is 4.08.